The highest BCUT2D eigenvalue weighted by Crippen LogP contribution is 2.16. The van der Waals surface area contributed by atoms with Gasteiger partial charge in [0.05, 0.1) is 19.3 Å². The number of aliphatic imine (C=N–C) groups is 1. The summed E-state index contributed by atoms with van der Waals surface area (Å²) in [6.07, 6.45) is 2.83. The van der Waals surface area contributed by atoms with Crippen molar-refractivity contribution in [3.8, 4) is 6.07 Å². The molecule has 1 aromatic heterocycles. The summed E-state index contributed by atoms with van der Waals surface area (Å²) in [5.74, 6) is 0.425. The van der Waals surface area contributed by atoms with Crippen LogP contribution < -0.4 is 10.9 Å². The first-order valence-corrected chi connectivity index (χ1v) is 4.35. The molecule has 0 unspecified atom stereocenters. The number of nitrogens with zero attached hydrogens (tertiary/aromatic N) is 4. The van der Waals surface area contributed by atoms with Crippen LogP contribution in [0, 0.1) is 11.3 Å². The highest BCUT2D eigenvalue weighted by Gasteiger charge is 2.07. The fraction of sp³-hybridized carbons (Fsp3) is 0.375. The predicted octanol–water partition coefficient (Wildman–Crippen LogP) is -0.869. The van der Waals surface area contributed by atoms with E-state index in [-0.39, 0.29) is 6.61 Å². The molecule has 1 heterocycles. The van der Waals surface area contributed by atoms with Crippen molar-refractivity contribution in [3.63, 3.8) is 0 Å². The lowest BCUT2D eigenvalue weighted by atomic mass is 10.4. The first kappa shape index (κ1) is 11.2. The van der Waals surface area contributed by atoms with Gasteiger partial charge in [0.25, 0.3) is 0 Å². The second-order valence-electron chi connectivity index (χ2n) is 2.59. The van der Waals surface area contributed by atoms with E-state index in [1.165, 1.54) is 17.2 Å². The average Bonchev–Trinajstić information content (AvgIpc) is 2.62. The molecule has 0 aromatic carbocycles. The Labute approximate surface area is 87.0 Å². The number of rotatable bonds is 5. The topological polar surface area (TPSA) is 98.3 Å². The van der Waals surface area contributed by atoms with Gasteiger partial charge in [0.15, 0.2) is 5.82 Å². The van der Waals surface area contributed by atoms with Gasteiger partial charge in [0.2, 0.25) is 0 Å². The molecular formula is C8H12N6O. The Kier molecular flexibility index (Phi) is 4.28. The molecular weight excluding hydrogens is 196 g/mol. The molecule has 0 spiro atoms. The summed E-state index contributed by atoms with van der Waals surface area (Å²) in [6.45, 7) is 0.266. The second kappa shape index (κ2) is 5.74. The SMILES string of the molecule is CNN/C=N/c1c(C#N)cnn1CCO. The minimum absolute atomic E-state index is 0.0471. The lowest BCUT2D eigenvalue weighted by molar-refractivity contribution is 0.270. The van der Waals surface area contributed by atoms with Crippen LogP contribution in [0.25, 0.3) is 0 Å². The van der Waals surface area contributed by atoms with E-state index < -0.39 is 0 Å². The monoisotopic (exact) mass is 208 g/mol. The highest BCUT2D eigenvalue weighted by atomic mass is 16.3. The third kappa shape index (κ3) is 2.77. The van der Waals surface area contributed by atoms with Crippen molar-refractivity contribution in [2.75, 3.05) is 13.7 Å². The summed E-state index contributed by atoms with van der Waals surface area (Å²) in [6, 6.07) is 1.97. The maximum atomic E-state index is 8.78. The molecule has 0 fully saturated rings. The van der Waals surface area contributed by atoms with E-state index in [1.54, 1.807) is 7.05 Å². The van der Waals surface area contributed by atoms with Crippen molar-refractivity contribution in [2.45, 2.75) is 6.54 Å². The van der Waals surface area contributed by atoms with Gasteiger partial charge in [-0.2, -0.15) is 10.4 Å². The summed E-state index contributed by atoms with van der Waals surface area (Å²) >= 11 is 0. The first-order valence-electron chi connectivity index (χ1n) is 4.35. The molecule has 7 heteroatoms. The molecule has 1 aromatic rings. The maximum Gasteiger partial charge on any atom is 0.170 e. The fourth-order valence-electron chi connectivity index (χ4n) is 1.01. The van der Waals surface area contributed by atoms with Crippen LogP contribution in [0.3, 0.4) is 0 Å². The van der Waals surface area contributed by atoms with Crippen molar-refractivity contribution < 1.29 is 5.11 Å². The van der Waals surface area contributed by atoms with E-state index in [1.807, 2.05) is 6.07 Å². The average molecular weight is 208 g/mol. The molecule has 1 rings (SSSR count). The Balaban J connectivity index is 2.90. The zero-order valence-corrected chi connectivity index (χ0v) is 8.30. The molecule has 15 heavy (non-hydrogen) atoms. The van der Waals surface area contributed by atoms with E-state index in [4.69, 9.17) is 10.4 Å². The number of nitriles is 1. The Hall–Kier alpha value is -1.91. The van der Waals surface area contributed by atoms with Gasteiger partial charge in [-0.15, -0.1) is 0 Å². The molecule has 0 amide bonds. The van der Waals surface area contributed by atoms with Crippen LogP contribution in [-0.4, -0.2) is 34.9 Å². The molecule has 0 bridgehead atoms. The van der Waals surface area contributed by atoms with E-state index in [9.17, 15) is 0 Å². The van der Waals surface area contributed by atoms with E-state index >= 15 is 0 Å². The molecule has 0 saturated heterocycles. The van der Waals surface area contributed by atoms with Crippen LogP contribution in [-0.2, 0) is 6.54 Å². The largest absolute Gasteiger partial charge is 0.394 e. The number of hydrogen-bond acceptors (Lipinski definition) is 5. The highest BCUT2D eigenvalue weighted by molar-refractivity contribution is 5.62. The van der Waals surface area contributed by atoms with Gasteiger partial charge in [-0.05, 0) is 0 Å². The number of nitrogens with one attached hydrogen (secondary N) is 2. The summed E-state index contributed by atoms with van der Waals surface area (Å²) in [5, 5.41) is 21.5. The van der Waals surface area contributed by atoms with Crippen molar-refractivity contribution in [2.24, 2.45) is 4.99 Å². The quantitative estimate of drug-likeness (QED) is 0.332. The minimum atomic E-state index is -0.0471. The first-order chi connectivity index (χ1) is 7.33. The third-order valence-corrected chi connectivity index (χ3v) is 1.64. The van der Waals surface area contributed by atoms with Gasteiger partial charge in [-0.25, -0.2) is 15.1 Å². The molecule has 80 valence electrons. The molecule has 0 aliphatic heterocycles. The number of hydrazine groups is 1. The number of aromatic nitrogens is 2. The van der Waals surface area contributed by atoms with Crippen molar-refractivity contribution in [1.29, 1.82) is 5.26 Å². The molecule has 0 atom stereocenters. The summed E-state index contributed by atoms with van der Waals surface area (Å²) in [4.78, 5) is 4.01. The van der Waals surface area contributed by atoms with Gasteiger partial charge in [-0.3, -0.25) is 0 Å². The number of aliphatic hydroxyl groups is 1. The zero-order valence-electron chi connectivity index (χ0n) is 8.30. The van der Waals surface area contributed by atoms with Gasteiger partial charge in [0.1, 0.15) is 18.0 Å². The van der Waals surface area contributed by atoms with Gasteiger partial charge in [-0.1, -0.05) is 0 Å². The Morgan fingerprint density at radius 2 is 2.60 bits per heavy atom. The van der Waals surface area contributed by atoms with Crippen LogP contribution in [0.2, 0.25) is 0 Å². The zero-order chi connectivity index (χ0) is 11.1. The smallest absolute Gasteiger partial charge is 0.170 e. The van der Waals surface area contributed by atoms with Crippen LogP contribution in [0.15, 0.2) is 11.2 Å². The normalized spacial score (nSPS) is 10.5. The van der Waals surface area contributed by atoms with Gasteiger partial charge < -0.3 is 10.5 Å². The standard InChI is InChI=1S/C8H12N6O/c1-10-12-6-11-8-7(4-9)5-13-14(8)2-3-15/h5-6,10,15H,2-3H2,1H3,(H,11,12). The van der Waals surface area contributed by atoms with Gasteiger partial charge in [0, 0.05) is 7.05 Å². The molecule has 0 aliphatic rings. The van der Waals surface area contributed by atoms with Crippen molar-refractivity contribution >= 4 is 12.2 Å². The Bertz CT molecular complexity index is 377. The van der Waals surface area contributed by atoms with Crippen molar-refractivity contribution in [1.82, 2.24) is 20.6 Å². The lowest BCUT2D eigenvalue weighted by Gasteiger charge is -2.01. The molecule has 0 radical (unpaired) electrons. The second-order valence-corrected chi connectivity index (χ2v) is 2.59. The predicted molar refractivity (Wildman–Crippen MR) is 54.4 cm³/mol. The molecule has 7 nitrogen and oxygen atoms in total. The van der Waals surface area contributed by atoms with Crippen LogP contribution in [0.4, 0.5) is 5.82 Å². The van der Waals surface area contributed by atoms with Crippen LogP contribution in [0.5, 0.6) is 0 Å². The minimum Gasteiger partial charge on any atom is -0.394 e. The van der Waals surface area contributed by atoms with Crippen molar-refractivity contribution in [3.05, 3.63) is 11.8 Å². The Morgan fingerprint density at radius 3 is 3.20 bits per heavy atom. The Morgan fingerprint density at radius 1 is 1.80 bits per heavy atom. The van der Waals surface area contributed by atoms with Gasteiger partial charge >= 0.3 is 0 Å². The number of hydrogen-bond donors (Lipinski definition) is 3. The summed E-state index contributed by atoms with van der Waals surface area (Å²) in [5.41, 5.74) is 5.68. The fourth-order valence-corrected chi connectivity index (χ4v) is 1.01. The number of aliphatic hydroxyl groups excluding tert-OH is 1. The maximum absolute atomic E-state index is 8.78. The van der Waals surface area contributed by atoms with E-state index in [2.05, 4.69) is 20.9 Å². The lowest BCUT2D eigenvalue weighted by Crippen LogP contribution is -2.25. The molecule has 0 saturated carbocycles. The third-order valence-electron chi connectivity index (χ3n) is 1.64. The summed E-state index contributed by atoms with van der Waals surface area (Å²) < 4.78 is 1.46. The van der Waals surface area contributed by atoms with Crippen LogP contribution >= 0.6 is 0 Å². The van der Waals surface area contributed by atoms with E-state index in [0.717, 1.165) is 0 Å². The summed E-state index contributed by atoms with van der Waals surface area (Å²) in [7, 11) is 1.70. The van der Waals surface area contributed by atoms with Crippen LogP contribution in [0.1, 0.15) is 5.56 Å². The molecule has 3 N–H and O–H groups in total. The molecule has 0 aliphatic carbocycles. The van der Waals surface area contributed by atoms with E-state index in [0.29, 0.717) is 17.9 Å².